The van der Waals surface area contributed by atoms with Gasteiger partial charge in [-0.2, -0.15) is 17.4 Å². The molecule has 4 nitrogen and oxygen atoms in total. The van der Waals surface area contributed by atoms with Crippen LogP contribution in [-0.4, -0.2) is 11.2 Å². The van der Waals surface area contributed by atoms with Crippen LogP contribution in [0.2, 0.25) is 0 Å². The number of aromatic nitrogens is 1. The van der Waals surface area contributed by atoms with Crippen LogP contribution < -0.4 is 10.3 Å². The molecular formula is C16H14BrN2O2Y-. The van der Waals surface area contributed by atoms with Gasteiger partial charge >= 0.3 is 0 Å². The molecule has 22 heavy (non-hydrogen) atoms. The summed E-state index contributed by atoms with van der Waals surface area (Å²) in [5, 5.41) is 8.53. The molecule has 2 rings (SSSR count). The van der Waals surface area contributed by atoms with Crippen molar-refractivity contribution in [3.05, 3.63) is 50.7 Å². The molecule has 0 fully saturated rings. The van der Waals surface area contributed by atoms with Crippen LogP contribution in [0.25, 0.3) is 11.3 Å². The van der Waals surface area contributed by atoms with Gasteiger partial charge in [-0.15, -0.1) is 22.0 Å². The van der Waals surface area contributed by atoms with E-state index in [0.29, 0.717) is 16.8 Å². The van der Waals surface area contributed by atoms with Crippen molar-refractivity contribution in [2.45, 2.75) is 20.4 Å². The minimum atomic E-state index is -0.0737. The average molecular weight is 435 g/mol. The Bertz CT molecular complexity index is 766. The third-order valence-electron chi connectivity index (χ3n) is 3.13. The topological polar surface area (TPSA) is 55.0 Å². The van der Waals surface area contributed by atoms with Gasteiger partial charge in [0.25, 0.3) is 0 Å². The first-order valence-electron chi connectivity index (χ1n) is 6.50. The van der Waals surface area contributed by atoms with Gasteiger partial charge < -0.3 is 9.30 Å². The van der Waals surface area contributed by atoms with Gasteiger partial charge in [0, 0.05) is 39.3 Å². The summed E-state index contributed by atoms with van der Waals surface area (Å²) >= 11 is 3.24. The number of rotatable bonds is 4. The van der Waals surface area contributed by atoms with Crippen LogP contribution in [0.5, 0.6) is 5.75 Å². The summed E-state index contributed by atoms with van der Waals surface area (Å²) in [5.74, 6) is 0.639. The number of aryl methyl sites for hydroxylation is 1. The summed E-state index contributed by atoms with van der Waals surface area (Å²) in [6.07, 6.45) is 0. The zero-order chi connectivity index (χ0) is 15.4. The van der Waals surface area contributed by atoms with E-state index < -0.39 is 0 Å². The Kier molecular flexibility index (Phi) is 7.48. The Morgan fingerprint density at radius 3 is 2.77 bits per heavy atom. The number of ether oxygens (including phenoxy) is 1. The van der Waals surface area contributed by atoms with Crippen molar-refractivity contribution in [3.63, 3.8) is 0 Å². The van der Waals surface area contributed by atoms with Crippen molar-refractivity contribution < 1.29 is 37.4 Å². The average Bonchev–Trinajstić information content (AvgIpc) is 2.48. The Labute approximate surface area is 163 Å². The van der Waals surface area contributed by atoms with E-state index in [1.165, 1.54) is 0 Å². The van der Waals surface area contributed by atoms with Gasteiger partial charge in [-0.3, -0.25) is 4.79 Å². The van der Waals surface area contributed by atoms with E-state index in [1.54, 1.807) is 16.7 Å². The van der Waals surface area contributed by atoms with Crippen molar-refractivity contribution in [1.29, 1.82) is 5.26 Å². The summed E-state index contributed by atoms with van der Waals surface area (Å²) in [6, 6.07) is 12.2. The van der Waals surface area contributed by atoms with Crippen molar-refractivity contribution in [3.8, 4) is 23.1 Å². The summed E-state index contributed by atoms with van der Waals surface area (Å²) in [4.78, 5) is 12.1. The molecule has 0 aliphatic heterocycles. The molecule has 0 amide bonds. The first-order valence-corrected chi connectivity index (χ1v) is 7.29. The molecule has 0 unspecified atom stereocenters. The Morgan fingerprint density at radius 1 is 1.45 bits per heavy atom. The van der Waals surface area contributed by atoms with E-state index >= 15 is 0 Å². The Morgan fingerprint density at radius 2 is 2.18 bits per heavy atom. The van der Waals surface area contributed by atoms with Gasteiger partial charge in [0.2, 0.25) is 5.56 Å². The van der Waals surface area contributed by atoms with Crippen LogP contribution >= 0.6 is 15.9 Å². The van der Waals surface area contributed by atoms with Crippen molar-refractivity contribution in [2.24, 2.45) is 0 Å². The van der Waals surface area contributed by atoms with Crippen LogP contribution in [-0.2, 0) is 39.3 Å². The molecule has 1 aromatic carbocycles. The molecule has 0 spiro atoms. The van der Waals surface area contributed by atoms with E-state index in [9.17, 15) is 4.79 Å². The second-order valence-electron chi connectivity index (χ2n) is 4.46. The molecule has 0 aliphatic carbocycles. The quantitative estimate of drug-likeness (QED) is 0.693. The predicted octanol–water partition coefficient (Wildman–Crippen LogP) is 3.31. The molecule has 1 aromatic heterocycles. The zero-order valence-corrected chi connectivity index (χ0v) is 16.8. The molecule has 0 aliphatic rings. The van der Waals surface area contributed by atoms with Crippen LogP contribution in [0.1, 0.15) is 12.5 Å². The SMILES string of the molecule is CCn1c(-c2ccc(OCC#N)cc2C)[c-]cc(Br)c1=O.[Y]. The van der Waals surface area contributed by atoms with Crippen molar-refractivity contribution in [1.82, 2.24) is 4.57 Å². The summed E-state index contributed by atoms with van der Waals surface area (Å²) < 4.78 is 7.45. The second-order valence-corrected chi connectivity index (χ2v) is 5.31. The van der Waals surface area contributed by atoms with Gasteiger partial charge in [-0.1, -0.05) is 23.7 Å². The summed E-state index contributed by atoms with van der Waals surface area (Å²) in [5.41, 5.74) is 2.56. The number of nitriles is 1. The summed E-state index contributed by atoms with van der Waals surface area (Å²) in [7, 11) is 0. The second kappa shape index (κ2) is 8.62. The molecule has 6 heteroatoms. The normalized spacial score (nSPS) is 9.73. The van der Waals surface area contributed by atoms with Crippen LogP contribution in [0.15, 0.2) is 33.5 Å². The number of nitrogens with zero attached hydrogens (tertiary/aromatic N) is 2. The minimum Gasteiger partial charge on any atom is -0.479 e. The third kappa shape index (κ3) is 4.07. The molecule has 1 radical (unpaired) electrons. The molecule has 0 saturated heterocycles. The van der Waals surface area contributed by atoms with Gasteiger partial charge in [-0.05, 0) is 23.5 Å². The number of pyridine rings is 1. The number of benzene rings is 1. The number of hydrogen-bond acceptors (Lipinski definition) is 3. The maximum atomic E-state index is 12.1. The first kappa shape index (κ1) is 19.1. The van der Waals surface area contributed by atoms with Crippen molar-refractivity contribution >= 4 is 15.9 Å². The maximum Gasteiger partial charge on any atom is 0.208 e. The molecular weight excluding hydrogens is 421 g/mol. The predicted molar refractivity (Wildman–Crippen MR) is 84.2 cm³/mol. The van der Waals surface area contributed by atoms with Gasteiger partial charge in [-0.25, -0.2) is 0 Å². The Balaban J connectivity index is 0.00000242. The largest absolute Gasteiger partial charge is 0.479 e. The fourth-order valence-electron chi connectivity index (χ4n) is 2.13. The van der Waals surface area contributed by atoms with E-state index in [1.807, 2.05) is 32.0 Å². The fraction of sp³-hybridized carbons (Fsp3) is 0.250. The molecule has 0 atom stereocenters. The minimum absolute atomic E-state index is 0. The molecule has 111 valence electrons. The van der Waals surface area contributed by atoms with E-state index in [0.717, 1.165) is 16.8 Å². The first-order chi connectivity index (χ1) is 10.1. The molecule has 0 saturated carbocycles. The molecule has 0 N–H and O–H groups in total. The number of hydrogen-bond donors (Lipinski definition) is 0. The summed E-state index contributed by atoms with van der Waals surface area (Å²) in [6.45, 7) is 4.44. The van der Waals surface area contributed by atoms with Crippen LogP contribution in [0.4, 0.5) is 0 Å². The van der Waals surface area contributed by atoms with Crippen LogP contribution in [0.3, 0.4) is 0 Å². The zero-order valence-electron chi connectivity index (χ0n) is 12.4. The van der Waals surface area contributed by atoms with Gasteiger partial charge in [0.05, 0.1) is 0 Å². The van der Waals surface area contributed by atoms with Crippen LogP contribution in [0, 0.1) is 24.3 Å². The molecule has 0 bridgehead atoms. The van der Waals surface area contributed by atoms with E-state index in [-0.39, 0.29) is 44.9 Å². The maximum absolute atomic E-state index is 12.1. The van der Waals surface area contributed by atoms with Crippen molar-refractivity contribution in [2.75, 3.05) is 6.61 Å². The Hall–Kier alpha value is -0.956. The standard InChI is InChI=1S/C16H14BrN2O2.Y/c1-3-19-15(7-6-14(17)16(19)20)13-5-4-12(10-11(13)2)21-9-8-18;/h4-6,10H,3,9H2,1-2H3;/q-1;. The van der Waals surface area contributed by atoms with Gasteiger partial charge in [0.15, 0.2) is 6.61 Å². The third-order valence-corrected chi connectivity index (χ3v) is 3.70. The fourth-order valence-corrected chi connectivity index (χ4v) is 2.46. The van der Waals surface area contributed by atoms with E-state index in [4.69, 9.17) is 10.00 Å². The smallest absolute Gasteiger partial charge is 0.208 e. The molecule has 1 heterocycles. The number of halogens is 1. The van der Waals surface area contributed by atoms with Gasteiger partial charge in [0.1, 0.15) is 11.8 Å². The monoisotopic (exact) mass is 434 g/mol. The van der Waals surface area contributed by atoms with E-state index in [2.05, 4.69) is 22.0 Å². The molecule has 2 aromatic rings.